The van der Waals surface area contributed by atoms with E-state index in [1.165, 1.54) is 6.42 Å². The molecule has 0 spiro atoms. The third kappa shape index (κ3) is 3.96. The Morgan fingerprint density at radius 2 is 2.17 bits per heavy atom. The summed E-state index contributed by atoms with van der Waals surface area (Å²) in [5.41, 5.74) is 3.54. The zero-order valence-corrected chi connectivity index (χ0v) is 15.6. The molecule has 5 heteroatoms. The van der Waals surface area contributed by atoms with E-state index in [1.54, 1.807) is 6.20 Å². The molecule has 3 rings (SSSR count). The van der Waals surface area contributed by atoms with E-state index in [2.05, 4.69) is 46.1 Å². The standard InChI is InChI=1S/C19H22BrN3O/c1-13-4-3-9-23(12-13)19(24)18-11-16(7-8-21-18)22-17-6-5-15(20)10-14(17)2/h5-8,10-11,13H,3-4,9,12H2,1-2H3,(H,21,22). The molecule has 1 aliphatic heterocycles. The summed E-state index contributed by atoms with van der Waals surface area (Å²) < 4.78 is 1.05. The van der Waals surface area contributed by atoms with E-state index in [-0.39, 0.29) is 5.91 Å². The van der Waals surface area contributed by atoms with E-state index < -0.39 is 0 Å². The molecule has 4 nitrogen and oxygen atoms in total. The van der Waals surface area contributed by atoms with Crippen molar-refractivity contribution in [2.45, 2.75) is 26.7 Å². The van der Waals surface area contributed by atoms with E-state index in [9.17, 15) is 4.79 Å². The fourth-order valence-corrected chi connectivity index (χ4v) is 3.56. The molecule has 1 N–H and O–H groups in total. The Hall–Kier alpha value is -1.88. The molecule has 0 aliphatic carbocycles. The van der Waals surface area contributed by atoms with Crippen LogP contribution in [0.2, 0.25) is 0 Å². The van der Waals surface area contributed by atoms with Crippen LogP contribution in [0.25, 0.3) is 0 Å². The number of likely N-dealkylation sites (tertiary alicyclic amines) is 1. The SMILES string of the molecule is Cc1cc(Br)ccc1Nc1ccnc(C(=O)N2CCCC(C)C2)c1. The Morgan fingerprint density at radius 3 is 2.92 bits per heavy atom. The van der Waals surface area contributed by atoms with E-state index in [1.807, 2.05) is 29.2 Å². The number of carbonyl (C=O) groups excluding carboxylic acids is 1. The van der Waals surface area contributed by atoms with Gasteiger partial charge in [-0.3, -0.25) is 9.78 Å². The van der Waals surface area contributed by atoms with Gasteiger partial charge in [0.2, 0.25) is 0 Å². The van der Waals surface area contributed by atoms with Gasteiger partial charge in [0.05, 0.1) is 0 Å². The number of amides is 1. The number of halogens is 1. The molecule has 1 fully saturated rings. The van der Waals surface area contributed by atoms with Crippen molar-refractivity contribution in [2.75, 3.05) is 18.4 Å². The van der Waals surface area contributed by atoms with Gasteiger partial charge < -0.3 is 10.2 Å². The van der Waals surface area contributed by atoms with Crippen molar-refractivity contribution in [3.63, 3.8) is 0 Å². The molecule has 126 valence electrons. The number of piperidine rings is 1. The van der Waals surface area contributed by atoms with Crippen LogP contribution in [0, 0.1) is 12.8 Å². The summed E-state index contributed by atoms with van der Waals surface area (Å²) in [4.78, 5) is 18.9. The minimum Gasteiger partial charge on any atom is -0.355 e. The number of aromatic nitrogens is 1. The first kappa shape index (κ1) is 17.0. The monoisotopic (exact) mass is 387 g/mol. The van der Waals surface area contributed by atoms with E-state index in [4.69, 9.17) is 0 Å². The summed E-state index contributed by atoms with van der Waals surface area (Å²) in [5, 5.41) is 3.37. The number of carbonyl (C=O) groups is 1. The molecular weight excluding hydrogens is 366 g/mol. The maximum absolute atomic E-state index is 12.7. The highest BCUT2D eigenvalue weighted by Crippen LogP contribution is 2.24. The first-order valence-electron chi connectivity index (χ1n) is 8.31. The van der Waals surface area contributed by atoms with Crippen LogP contribution in [-0.2, 0) is 0 Å². The second-order valence-electron chi connectivity index (χ2n) is 6.51. The maximum atomic E-state index is 12.7. The average molecular weight is 388 g/mol. The minimum atomic E-state index is 0.0257. The van der Waals surface area contributed by atoms with E-state index in [0.717, 1.165) is 40.9 Å². The van der Waals surface area contributed by atoms with Gasteiger partial charge in [-0.25, -0.2) is 0 Å². The Morgan fingerprint density at radius 1 is 1.33 bits per heavy atom. The third-order valence-corrected chi connectivity index (χ3v) is 4.88. The predicted octanol–water partition coefficient (Wildman–Crippen LogP) is 4.77. The molecule has 2 heterocycles. The molecule has 24 heavy (non-hydrogen) atoms. The fraction of sp³-hybridized carbons (Fsp3) is 0.368. The molecule has 2 aromatic rings. The van der Waals surface area contributed by atoms with Gasteiger partial charge in [0.25, 0.3) is 5.91 Å². The zero-order valence-electron chi connectivity index (χ0n) is 14.1. The number of benzene rings is 1. The molecule has 1 unspecified atom stereocenters. The van der Waals surface area contributed by atoms with Crippen molar-refractivity contribution in [1.82, 2.24) is 9.88 Å². The van der Waals surface area contributed by atoms with Crippen LogP contribution in [0.5, 0.6) is 0 Å². The molecule has 1 aromatic heterocycles. The van der Waals surface area contributed by atoms with E-state index >= 15 is 0 Å². The van der Waals surface area contributed by atoms with Gasteiger partial charge in [-0.05, 0) is 61.6 Å². The predicted molar refractivity (Wildman–Crippen MR) is 101 cm³/mol. The Bertz CT molecular complexity index is 747. The molecule has 1 saturated heterocycles. The van der Waals surface area contributed by atoms with Crippen molar-refractivity contribution in [1.29, 1.82) is 0 Å². The number of aryl methyl sites for hydroxylation is 1. The Labute approximate surface area is 151 Å². The van der Waals surface area contributed by atoms with Crippen LogP contribution in [0.15, 0.2) is 41.0 Å². The first-order valence-corrected chi connectivity index (χ1v) is 9.11. The number of rotatable bonds is 3. The number of hydrogen-bond donors (Lipinski definition) is 1. The van der Waals surface area contributed by atoms with Crippen molar-refractivity contribution >= 4 is 33.2 Å². The lowest BCUT2D eigenvalue weighted by Gasteiger charge is -2.30. The van der Waals surface area contributed by atoms with Gasteiger partial charge in [-0.2, -0.15) is 0 Å². The highest BCUT2D eigenvalue weighted by atomic mass is 79.9. The molecular formula is C19H22BrN3O. The van der Waals surface area contributed by atoms with Crippen molar-refractivity contribution in [3.8, 4) is 0 Å². The second kappa shape index (κ2) is 7.34. The third-order valence-electron chi connectivity index (χ3n) is 4.39. The van der Waals surface area contributed by atoms with Crippen LogP contribution in [0.1, 0.15) is 35.8 Å². The summed E-state index contributed by atoms with van der Waals surface area (Å²) in [7, 11) is 0. The highest BCUT2D eigenvalue weighted by molar-refractivity contribution is 9.10. The molecule has 1 aliphatic rings. The van der Waals surface area contributed by atoms with Crippen molar-refractivity contribution < 1.29 is 4.79 Å². The van der Waals surface area contributed by atoms with Gasteiger partial charge in [0.15, 0.2) is 0 Å². The number of nitrogens with zero attached hydrogens (tertiary/aromatic N) is 2. The summed E-state index contributed by atoms with van der Waals surface area (Å²) in [6.07, 6.45) is 3.96. The maximum Gasteiger partial charge on any atom is 0.272 e. The topological polar surface area (TPSA) is 45.2 Å². The van der Waals surface area contributed by atoms with Crippen molar-refractivity contribution in [3.05, 3.63) is 52.3 Å². The molecule has 0 bridgehead atoms. The van der Waals surface area contributed by atoms with Crippen LogP contribution in [0.3, 0.4) is 0 Å². The zero-order chi connectivity index (χ0) is 17.1. The molecule has 0 radical (unpaired) electrons. The Balaban J connectivity index is 1.77. The highest BCUT2D eigenvalue weighted by Gasteiger charge is 2.23. The average Bonchev–Trinajstić information content (AvgIpc) is 2.57. The summed E-state index contributed by atoms with van der Waals surface area (Å²) in [6.45, 7) is 5.90. The van der Waals surface area contributed by atoms with Gasteiger partial charge in [-0.15, -0.1) is 0 Å². The lowest BCUT2D eigenvalue weighted by Crippen LogP contribution is -2.39. The lowest BCUT2D eigenvalue weighted by molar-refractivity contribution is 0.0677. The summed E-state index contributed by atoms with van der Waals surface area (Å²) in [5.74, 6) is 0.590. The number of pyridine rings is 1. The molecule has 1 atom stereocenters. The fourth-order valence-electron chi connectivity index (χ4n) is 3.08. The van der Waals surface area contributed by atoms with E-state index in [0.29, 0.717) is 11.6 Å². The lowest BCUT2D eigenvalue weighted by atomic mass is 10.00. The largest absolute Gasteiger partial charge is 0.355 e. The Kier molecular flexibility index (Phi) is 5.19. The first-order chi connectivity index (χ1) is 11.5. The van der Waals surface area contributed by atoms with Crippen LogP contribution >= 0.6 is 15.9 Å². The van der Waals surface area contributed by atoms with Gasteiger partial charge in [0, 0.05) is 35.1 Å². The molecule has 0 saturated carbocycles. The summed E-state index contributed by atoms with van der Waals surface area (Å²) >= 11 is 3.47. The van der Waals surface area contributed by atoms with Crippen LogP contribution in [-0.4, -0.2) is 28.9 Å². The van der Waals surface area contributed by atoms with Crippen LogP contribution in [0.4, 0.5) is 11.4 Å². The normalized spacial score (nSPS) is 17.6. The van der Waals surface area contributed by atoms with Gasteiger partial charge in [0.1, 0.15) is 5.69 Å². The summed E-state index contributed by atoms with van der Waals surface area (Å²) in [6, 6.07) is 9.80. The second-order valence-corrected chi connectivity index (χ2v) is 7.43. The van der Waals surface area contributed by atoms with Gasteiger partial charge in [-0.1, -0.05) is 22.9 Å². The number of hydrogen-bond acceptors (Lipinski definition) is 3. The molecule has 1 aromatic carbocycles. The minimum absolute atomic E-state index is 0.0257. The number of anilines is 2. The molecule has 1 amide bonds. The van der Waals surface area contributed by atoms with Gasteiger partial charge >= 0.3 is 0 Å². The van der Waals surface area contributed by atoms with Crippen LogP contribution < -0.4 is 5.32 Å². The smallest absolute Gasteiger partial charge is 0.272 e. The van der Waals surface area contributed by atoms with Crippen molar-refractivity contribution in [2.24, 2.45) is 5.92 Å². The quantitative estimate of drug-likeness (QED) is 0.824. The number of nitrogens with one attached hydrogen (secondary N) is 1.